The molecule has 0 bridgehead atoms. The molecule has 0 radical (unpaired) electrons. The van der Waals surface area contributed by atoms with Gasteiger partial charge in [-0.3, -0.25) is 9.78 Å². The molecule has 176 valence electrons. The second-order valence-electron chi connectivity index (χ2n) is 10.2. The molecule has 6 rings (SSSR count). The minimum absolute atomic E-state index is 0.120. The number of nitrogens with zero attached hydrogens (tertiary/aromatic N) is 3. The topological polar surface area (TPSA) is 74.9 Å². The summed E-state index contributed by atoms with van der Waals surface area (Å²) in [4.78, 5) is 18.6. The van der Waals surface area contributed by atoms with E-state index >= 15 is 0 Å². The average molecular weight is 472 g/mol. The van der Waals surface area contributed by atoms with E-state index in [4.69, 9.17) is 4.98 Å². The molecule has 0 aliphatic heterocycles. The Balaban J connectivity index is 1.51. The van der Waals surface area contributed by atoms with Gasteiger partial charge in [-0.05, 0) is 59.2 Å². The highest BCUT2D eigenvalue weighted by Gasteiger charge is 2.35. The van der Waals surface area contributed by atoms with E-state index in [0.29, 0.717) is 17.8 Å². The van der Waals surface area contributed by atoms with Gasteiger partial charge in [-0.2, -0.15) is 10.2 Å². The number of aromatic hydroxyl groups is 1. The summed E-state index contributed by atoms with van der Waals surface area (Å²) in [7, 11) is 0. The summed E-state index contributed by atoms with van der Waals surface area (Å²) in [5, 5.41) is 21.2. The Morgan fingerprint density at radius 2 is 1.42 bits per heavy atom. The number of hydrogen-bond donors (Lipinski definition) is 1. The molecule has 1 aliphatic rings. The van der Waals surface area contributed by atoms with Crippen LogP contribution in [-0.4, -0.2) is 15.9 Å². The number of phenols is 1. The molecular formula is C31H25N3O2. The van der Waals surface area contributed by atoms with Crippen LogP contribution in [0.15, 0.2) is 95.2 Å². The molecular weight excluding hydrogens is 446 g/mol. The molecule has 0 spiro atoms. The number of aromatic nitrogens is 1. The first-order valence-electron chi connectivity index (χ1n) is 12.1. The molecule has 5 heteroatoms. The fourth-order valence-corrected chi connectivity index (χ4v) is 5.14. The Morgan fingerprint density at radius 1 is 0.750 bits per heavy atom. The third-order valence-electron chi connectivity index (χ3n) is 6.81. The van der Waals surface area contributed by atoms with Crippen LogP contribution >= 0.6 is 0 Å². The van der Waals surface area contributed by atoms with Crippen LogP contribution in [0.5, 0.6) is 5.75 Å². The van der Waals surface area contributed by atoms with Gasteiger partial charge in [-0.25, -0.2) is 0 Å². The van der Waals surface area contributed by atoms with Gasteiger partial charge in [0, 0.05) is 28.3 Å². The van der Waals surface area contributed by atoms with Gasteiger partial charge in [0.25, 0.3) is 0 Å². The van der Waals surface area contributed by atoms with E-state index in [-0.39, 0.29) is 16.9 Å². The summed E-state index contributed by atoms with van der Waals surface area (Å²) < 4.78 is 0. The van der Waals surface area contributed by atoms with Crippen LogP contribution < -0.4 is 0 Å². The van der Waals surface area contributed by atoms with Crippen molar-refractivity contribution in [1.82, 2.24) is 4.98 Å². The predicted octanol–water partition coefficient (Wildman–Crippen LogP) is 8.33. The van der Waals surface area contributed by atoms with Gasteiger partial charge in [0.2, 0.25) is 0 Å². The molecule has 1 heterocycles. The van der Waals surface area contributed by atoms with Crippen molar-refractivity contribution in [1.29, 1.82) is 0 Å². The summed E-state index contributed by atoms with van der Waals surface area (Å²) in [6.07, 6.45) is 1.27. The van der Waals surface area contributed by atoms with Crippen LogP contribution in [0.3, 0.4) is 0 Å². The molecule has 0 atom stereocenters. The lowest BCUT2D eigenvalue weighted by molar-refractivity contribution is 0.0911. The van der Waals surface area contributed by atoms with Crippen LogP contribution in [0.2, 0.25) is 0 Å². The van der Waals surface area contributed by atoms with E-state index in [1.807, 2.05) is 36.4 Å². The second kappa shape index (κ2) is 8.38. The van der Waals surface area contributed by atoms with Gasteiger partial charge >= 0.3 is 0 Å². The first-order valence-corrected chi connectivity index (χ1v) is 12.1. The number of carbonyl (C=O) groups is 1. The predicted molar refractivity (Wildman–Crippen MR) is 143 cm³/mol. The largest absolute Gasteiger partial charge is 0.508 e. The zero-order valence-electron chi connectivity index (χ0n) is 20.2. The number of pyridine rings is 1. The monoisotopic (exact) mass is 471 g/mol. The normalized spacial score (nSPS) is 15.0. The van der Waals surface area contributed by atoms with Gasteiger partial charge in [0.15, 0.2) is 5.78 Å². The van der Waals surface area contributed by atoms with Crippen molar-refractivity contribution in [2.24, 2.45) is 15.6 Å². The first kappa shape index (κ1) is 22.1. The van der Waals surface area contributed by atoms with Crippen molar-refractivity contribution in [2.45, 2.75) is 26.7 Å². The number of hydrogen-bond acceptors (Lipinski definition) is 5. The van der Waals surface area contributed by atoms with Gasteiger partial charge in [-0.15, -0.1) is 0 Å². The van der Waals surface area contributed by atoms with Gasteiger partial charge in [0.1, 0.15) is 5.75 Å². The van der Waals surface area contributed by atoms with Crippen LogP contribution in [0.4, 0.5) is 11.4 Å². The Bertz CT molecular complexity index is 1670. The van der Waals surface area contributed by atoms with Crippen molar-refractivity contribution in [3.8, 4) is 16.9 Å². The number of carbonyl (C=O) groups excluding carboxylic acids is 1. The number of phenolic OH excluding ortho intramolecular Hbond substituents is 1. The summed E-state index contributed by atoms with van der Waals surface area (Å²) in [5.74, 6) is 0.340. The third kappa shape index (κ3) is 3.93. The van der Waals surface area contributed by atoms with E-state index < -0.39 is 0 Å². The second-order valence-corrected chi connectivity index (χ2v) is 10.2. The molecule has 36 heavy (non-hydrogen) atoms. The maximum Gasteiger partial charge on any atom is 0.165 e. The Labute approximate surface area is 209 Å². The fourth-order valence-electron chi connectivity index (χ4n) is 5.14. The lowest BCUT2D eigenvalue weighted by Gasteiger charge is -2.31. The highest BCUT2D eigenvalue weighted by atomic mass is 16.3. The number of rotatable bonds is 3. The SMILES string of the molecule is CC1(C)CC(=O)c2c(nc3c(ccc4ccccc43)c2-c2ccc(N=Nc3ccc(O)cc3)cc2)C1. The molecule has 0 amide bonds. The van der Waals surface area contributed by atoms with E-state index in [0.717, 1.165) is 50.5 Å². The van der Waals surface area contributed by atoms with Gasteiger partial charge in [0.05, 0.1) is 22.6 Å². The molecule has 1 aliphatic carbocycles. The van der Waals surface area contributed by atoms with E-state index in [1.165, 1.54) is 0 Å². The third-order valence-corrected chi connectivity index (χ3v) is 6.81. The lowest BCUT2D eigenvalue weighted by atomic mass is 9.73. The van der Waals surface area contributed by atoms with Crippen molar-refractivity contribution >= 4 is 38.8 Å². The molecule has 4 aromatic carbocycles. The zero-order chi connectivity index (χ0) is 24.9. The molecule has 0 saturated carbocycles. The number of Topliss-reactive ketones (excluding diaryl/α,β-unsaturated/α-hetero) is 1. The minimum Gasteiger partial charge on any atom is -0.508 e. The molecule has 1 aromatic heterocycles. The van der Waals surface area contributed by atoms with E-state index in [2.05, 4.69) is 48.3 Å². The van der Waals surface area contributed by atoms with Crippen molar-refractivity contribution < 1.29 is 9.90 Å². The van der Waals surface area contributed by atoms with E-state index in [9.17, 15) is 9.90 Å². The number of ketones is 1. The summed E-state index contributed by atoms with van der Waals surface area (Å²) >= 11 is 0. The Morgan fingerprint density at radius 3 is 2.14 bits per heavy atom. The van der Waals surface area contributed by atoms with Crippen LogP contribution in [0, 0.1) is 5.41 Å². The summed E-state index contributed by atoms with van der Waals surface area (Å²) in [6, 6.07) is 26.9. The summed E-state index contributed by atoms with van der Waals surface area (Å²) in [6.45, 7) is 4.27. The smallest absolute Gasteiger partial charge is 0.165 e. The number of fused-ring (bicyclic) bond motifs is 4. The number of azo groups is 1. The Hall–Kier alpha value is -4.38. The lowest BCUT2D eigenvalue weighted by Crippen LogP contribution is -2.28. The minimum atomic E-state index is -0.120. The molecule has 0 saturated heterocycles. The van der Waals surface area contributed by atoms with E-state index in [1.54, 1.807) is 24.3 Å². The van der Waals surface area contributed by atoms with Crippen LogP contribution in [0.25, 0.3) is 32.8 Å². The zero-order valence-corrected chi connectivity index (χ0v) is 20.2. The highest BCUT2D eigenvalue weighted by molar-refractivity contribution is 6.16. The fraction of sp³-hybridized carbons (Fsp3) is 0.161. The summed E-state index contributed by atoms with van der Waals surface area (Å²) in [5.41, 5.74) is 5.72. The van der Waals surface area contributed by atoms with Gasteiger partial charge < -0.3 is 5.11 Å². The molecule has 1 N–H and O–H groups in total. The first-order chi connectivity index (χ1) is 17.4. The Kier molecular flexibility index (Phi) is 5.15. The highest BCUT2D eigenvalue weighted by Crippen LogP contribution is 2.43. The average Bonchev–Trinajstić information content (AvgIpc) is 2.87. The van der Waals surface area contributed by atoms with Crippen LogP contribution in [0.1, 0.15) is 36.3 Å². The van der Waals surface area contributed by atoms with Crippen molar-refractivity contribution in [3.63, 3.8) is 0 Å². The molecule has 0 fully saturated rings. The number of benzene rings is 4. The maximum atomic E-state index is 13.5. The van der Waals surface area contributed by atoms with Crippen LogP contribution in [-0.2, 0) is 6.42 Å². The van der Waals surface area contributed by atoms with Crippen molar-refractivity contribution in [2.75, 3.05) is 0 Å². The van der Waals surface area contributed by atoms with Gasteiger partial charge in [-0.1, -0.05) is 62.4 Å². The maximum absolute atomic E-state index is 13.5. The molecule has 5 aromatic rings. The molecule has 5 nitrogen and oxygen atoms in total. The standard InChI is InChI=1S/C31H25N3O2/c1-31(2)17-26-29(27(36)18-31)28(25-16-9-19-5-3-4-6-24(19)30(25)32-26)20-7-10-21(11-8-20)33-34-22-12-14-23(35)15-13-22/h3-16,35H,17-18H2,1-2H3. The quantitative estimate of drug-likeness (QED) is 0.212. The van der Waals surface area contributed by atoms with Crippen molar-refractivity contribution in [3.05, 3.63) is 96.2 Å². The molecule has 0 unspecified atom stereocenters.